The van der Waals surface area contributed by atoms with Crippen LogP contribution in [0.2, 0.25) is 0 Å². The Labute approximate surface area is 223 Å². The number of benzene rings is 1. The van der Waals surface area contributed by atoms with Crippen molar-refractivity contribution in [1.82, 2.24) is 24.3 Å². The zero-order valence-corrected chi connectivity index (χ0v) is 21.9. The van der Waals surface area contributed by atoms with Gasteiger partial charge in [0.2, 0.25) is 5.88 Å². The van der Waals surface area contributed by atoms with Crippen LogP contribution in [-0.4, -0.2) is 50.0 Å². The van der Waals surface area contributed by atoms with Crippen LogP contribution in [0.3, 0.4) is 0 Å². The maximum Gasteiger partial charge on any atom is 0.317 e. The molecule has 0 spiro atoms. The zero-order chi connectivity index (χ0) is 26.8. The molecule has 0 radical (unpaired) electrons. The van der Waals surface area contributed by atoms with Crippen molar-refractivity contribution in [3.8, 4) is 5.88 Å². The highest BCUT2D eigenvalue weighted by atomic mass is 32.1. The Hall–Kier alpha value is -3.64. The predicted octanol–water partition coefficient (Wildman–Crippen LogP) is 4.54. The lowest BCUT2D eigenvalue weighted by Crippen LogP contribution is -2.24. The van der Waals surface area contributed by atoms with Crippen LogP contribution in [0.25, 0.3) is 5.70 Å². The quantitative estimate of drug-likeness (QED) is 0.433. The fourth-order valence-electron chi connectivity index (χ4n) is 5.35. The SMILES string of the molecule is CCOc1nn(C2=CCC([C@@H]3CN(Cc4csnn4)C[C@H]3c3ccc(F)c(F)c3)C=C2)c(NC(N)=O)c1C. The van der Waals surface area contributed by atoms with Gasteiger partial charge in [-0.05, 0) is 67.4 Å². The van der Waals surface area contributed by atoms with E-state index in [2.05, 4.69) is 37.1 Å². The third kappa shape index (κ3) is 5.32. The molecule has 0 bridgehead atoms. The summed E-state index contributed by atoms with van der Waals surface area (Å²) in [5, 5.41) is 13.3. The minimum absolute atomic E-state index is 0.0184. The van der Waals surface area contributed by atoms with Gasteiger partial charge < -0.3 is 10.5 Å². The first kappa shape index (κ1) is 26.0. The fourth-order valence-corrected chi connectivity index (χ4v) is 5.80. The van der Waals surface area contributed by atoms with Gasteiger partial charge in [-0.3, -0.25) is 10.2 Å². The lowest BCUT2D eigenvalue weighted by atomic mass is 9.77. The van der Waals surface area contributed by atoms with Crippen LogP contribution in [-0.2, 0) is 6.54 Å². The molecule has 3 heterocycles. The van der Waals surface area contributed by atoms with Crippen molar-refractivity contribution in [2.45, 2.75) is 32.7 Å². The van der Waals surface area contributed by atoms with Crippen molar-refractivity contribution in [3.05, 3.63) is 70.3 Å². The molecule has 12 heteroatoms. The Balaban J connectivity index is 1.40. The Morgan fingerprint density at radius 3 is 2.79 bits per heavy atom. The summed E-state index contributed by atoms with van der Waals surface area (Å²) in [7, 11) is 0. The number of hydrogen-bond donors (Lipinski definition) is 2. The largest absolute Gasteiger partial charge is 0.477 e. The molecule has 2 aromatic heterocycles. The molecule has 1 aromatic carbocycles. The second kappa shape index (κ2) is 11.0. The standard InChI is InChI=1S/C26H29F2N7O2S/c1-3-37-25-15(2)24(30-26(29)36)35(32-25)19-7-4-16(5-8-19)20-12-34(11-18-14-38-33-31-18)13-21(20)17-6-9-22(27)23(28)10-17/h4,6-10,14,16,20-21H,3,5,11-13H2,1-2H3,(H3,29,30,36)/t16?,20-,21-/m0/s1. The zero-order valence-electron chi connectivity index (χ0n) is 21.1. The van der Waals surface area contributed by atoms with Crippen molar-refractivity contribution in [2.24, 2.45) is 17.6 Å². The number of amides is 2. The smallest absolute Gasteiger partial charge is 0.317 e. The molecule has 200 valence electrons. The van der Waals surface area contributed by atoms with Gasteiger partial charge in [0, 0.05) is 30.9 Å². The summed E-state index contributed by atoms with van der Waals surface area (Å²) in [5.74, 6) is -0.454. The molecular formula is C26H29F2N7O2S. The number of urea groups is 1. The van der Waals surface area contributed by atoms with Gasteiger partial charge in [0.25, 0.3) is 0 Å². The third-order valence-corrected chi connectivity index (χ3v) is 7.67. The number of carbonyl (C=O) groups is 1. The fraction of sp³-hybridized carbons (Fsp3) is 0.385. The first-order valence-corrected chi connectivity index (χ1v) is 13.3. The third-order valence-electron chi connectivity index (χ3n) is 7.11. The van der Waals surface area contributed by atoms with Gasteiger partial charge in [-0.1, -0.05) is 22.7 Å². The van der Waals surface area contributed by atoms with Crippen LogP contribution in [0.4, 0.5) is 19.4 Å². The van der Waals surface area contributed by atoms with E-state index in [0.29, 0.717) is 43.4 Å². The summed E-state index contributed by atoms with van der Waals surface area (Å²) in [5.41, 5.74) is 8.55. The molecule has 9 nitrogen and oxygen atoms in total. The molecule has 5 rings (SSSR count). The van der Waals surface area contributed by atoms with Crippen molar-refractivity contribution >= 4 is 29.1 Å². The number of aromatic nitrogens is 4. The maximum absolute atomic E-state index is 14.2. The summed E-state index contributed by atoms with van der Waals surface area (Å²) in [6.07, 6.45) is 6.87. The number of nitrogens with zero attached hydrogens (tertiary/aromatic N) is 5. The number of nitrogens with two attached hydrogens (primary N) is 1. The van der Waals surface area contributed by atoms with Crippen molar-refractivity contribution < 1.29 is 18.3 Å². The van der Waals surface area contributed by atoms with Crippen LogP contribution in [0, 0.1) is 30.4 Å². The lowest BCUT2D eigenvalue weighted by Gasteiger charge is -2.27. The second-order valence-electron chi connectivity index (χ2n) is 9.53. The number of carbonyl (C=O) groups excluding carboxylic acids is 1. The number of likely N-dealkylation sites (tertiary alicyclic amines) is 1. The average molecular weight is 542 g/mol. The van der Waals surface area contributed by atoms with E-state index < -0.39 is 17.7 Å². The van der Waals surface area contributed by atoms with Crippen molar-refractivity contribution in [2.75, 3.05) is 25.0 Å². The van der Waals surface area contributed by atoms with Gasteiger partial charge in [0.15, 0.2) is 11.6 Å². The molecule has 3 aromatic rings. The first-order chi connectivity index (χ1) is 18.3. The van der Waals surface area contributed by atoms with Crippen LogP contribution < -0.4 is 15.8 Å². The number of primary amides is 1. The summed E-state index contributed by atoms with van der Waals surface area (Å²) >= 11 is 1.31. The summed E-state index contributed by atoms with van der Waals surface area (Å²) < 4.78 is 39.1. The number of anilines is 1. The summed E-state index contributed by atoms with van der Waals surface area (Å²) in [6, 6.07) is 3.51. The van der Waals surface area contributed by atoms with Gasteiger partial charge >= 0.3 is 6.03 Å². The van der Waals surface area contributed by atoms with Crippen LogP contribution >= 0.6 is 11.5 Å². The van der Waals surface area contributed by atoms with E-state index in [1.165, 1.54) is 23.7 Å². The van der Waals surface area contributed by atoms with E-state index in [1.54, 1.807) is 10.7 Å². The van der Waals surface area contributed by atoms with Gasteiger partial charge in [-0.15, -0.1) is 10.2 Å². The van der Waals surface area contributed by atoms with E-state index in [0.717, 1.165) is 23.5 Å². The molecule has 3 atom stereocenters. The highest BCUT2D eigenvalue weighted by Gasteiger charge is 2.38. The average Bonchev–Trinajstić information content (AvgIpc) is 3.63. The van der Waals surface area contributed by atoms with Crippen molar-refractivity contribution in [1.29, 1.82) is 0 Å². The molecular weight excluding hydrogens is 512 g/mol. The Morgan fingerprint density at radius 2 is 2.13 bits per heavy atom. The highest BCUT2D eigenvalue weighted by Crippen LogP contribution is 2.42. The van der Waals surface area contributed by atoms with E-state index in [9.17, 15) is 13.6 Å². The molecule has 2 aliphatic rings. The highest BCUT2D eigenvalue weighted by molar-refractivity contribution is 7.03. The monoisotopic (exact) mass is 541 g/mol. The molecule has 1 aliphatic carbocycles. The Morgan fingerprint density at radius 1 is 1.29 bits per heavy atom. The molecule has 1 saturated heterocycles. The number of ether oxygens (including phenoxy) is 1. The molecule has 1 fully saturated rings. The Bertz CT molecular complexity index is 1370. The normalized spacial score (nSPS) is 21.5. The summed E-state index contributed by atoms with van der Waals surface area (Å²) in [4.78, 5) is 13.9. The number of rotatable bonds is 8. The van der Waals surface area contributed by atoms with E-state index >= 15 is 0 Å². The van der Waals surface area contributed by atoms with Gasteiger partial charge in [0.1, 0.15) is 5.82 Å². The number of hydrogen-bond acceptors (Lipinski definition) is 7. The summed E-state index contributed by atoms with van der Waals surface area (Å²) in [6.45, 7) is 6.25. The maximum atomic E-state index is 14.2. The molecule has 1 unspecified atom stereocenters. The topological polar surface area (TPSA) is 111 Å². The van der Waals surface area contributed by atoms with Crippen molar-refractivity contribution in [3.63, 3.8) is 0 Å². The number of nitrogens with one attached hydrogen (secondary N) is 1. The predicted molar refractivity (Wildman–Crippen MR) is 141 cm³/mol. The lowest BCUT2D eigenvalue weighted by molar-refractivity contribution is 0.259. The van der Waals surface area contributed by atoms with Crippen LogP contribution in [0.1, 0.15) is 36.1 Å². The van der Waals surface area contributed by atoms with Gasteiger partial charge in [-0.2, -0.15) is 0 Å². The first-order valence-electron chi connectivity index (χ1n) is 12.4. The minimum atomic E-state index is -0.847. The van der Waals surface area contributed by atoms with Crippen LogP contribution in [0.15, 0.2) is 41.8 Å². The number of halogens is 2. The minimum Gasteiger partial charge on any atom is -0.477 e. The van der Waals surface area contributed by atoms with E-state index in [4.69, 9.17) is 10.5 Å². The second-order valence-corrected chi connectivity index (χ2v) is 10.1. The Kier molecular flexibility index (Phi) is 7.52. The van der Waals surface area contributed by atoms with E-state index in [-0.39, 0.29) is 17.8 Å². The molecule has 3 N–H and O–H groups in total. The molecule has 0 saturated carbocycles. The van der Waals surface area contributed by atoms with Gasteiger partial charge in [0.05, 0.1) is 23.6 Å². The molecule has 2 amide bonds. The van der Waals surface area contributed by atoms with E-state index in [1.807, 2.05) is 25.3 Å². The van der Waals surface area contributed by atoms with Crippen LogP contribution in [0.5, 0.6) is 5.88 Å². The molecule has 38 heavy (non-hydrogen) atoms. The number of allylic oxidation sites excluding steroid dienone is 4. The molecule has 1 aliphatic heterocycles. The van der Waals surface area contributed by atoms with Gasteiger partial charge in [-0.25, -0.2) is 18.3 Å².